The first kappa shape index (κ1) is 10.8. The van der Waals surface area contributed by atoms with E-state index in [1.807, 2.05) is 0 Å². The standard InChI is InChI=1S/C7H4ClF3N2O/c8-5-4(7(9,10)11)3(6(12)14)1-2-13-5/h1-2H,(H2,12,14). The van der Waals surface area contributed by atoms with Crippen LogP contribution in [0.1, 0.15) is 15.9 Å². The molecule has 0 atom stereocenters. The van der Waals surface area contributed by atoms with Gasteiger partial charge in [-0.2, -0.15) is 13.2 Å². The summed E-state index contributed by atoms with van der Waals surface area (Å²) in [5.41, 5.74) is 2.77. The van der Waals surface area contributed by atoms with E-state index in [2.05, 4.69) is 4.98 Å². The van der Waals surface area contributed by atoms with E-state index in [0.717, 1.165) is 12.3 Å². The smallest absolute Gasteiger partial charge is 0.366 e. The maximum atomic E-state index is 12.3. The molecule has 1 heterocycles. The van der Waals surface area contributed by atoms with Crippen molar-refractivity contribution in [1.29, 1.82) is 0 Å². The highest BCUT2D eigenvalue weighted by atomic mass is 35.5. The quantitative estimate of drug-likeness (QED) is 0.740. The number of carbonyl (C=O) groups is 1. The largest absolute Gasteiger partial charge is 0.420 e. The van der Waals surface area contributed by atoms with Crippen LogP contribution in [0.15, 0.2) is 12.3 Å². The lowest BCUT2D eigenvalue weighted by atomic mass is 10.1. The molecule has 0 fully saturated rings. The third-order valence-corrected chi connectivity index (χ3v) is 1.74. The van der Waals surface area contributed by atoms with Gasteiger partial charge in [0, 0.05) is 6.20 Å². The normalized spacial score (nSPS) is 11.4. The number of hydrogen-bond acceptors (Lipinski definition) is 2. The van der Waals surface area contributed by atoms with Crippen molar-refractivity contribution in [2.24, 2.45) is 5.73 Å². The number of rotatable bonds is 1. The molecule has 14 heavy (non-hydrogen) atoms. The molecule has 1 rings (SSSR count). The Kier molecular flexibility index (Phi) is 2.66. The minimum absolute atomic E-state index is 0.683. The molecule has 0 saturated carbocycles. The summed E-state index contributed by atoms with van der Waals surface area (Å²) in [6.45, 7) is 0. The number of alkyl halides is 3. The molecule has 3 nitrogen and oxygen atoms in total. The van der Waals surface area contributed by atoms with Crippen LogP contribution >= 0.6 is 11.6 Å². The monoisotopic (exact) mass is 224 g/mol. The second-order valence-corrected chi connectivity index (χ2v) is 2.74. The first-order valence-corrected chi connectivity index (χ1v) is 3.73. The molecule has 76 valence electrons. The van der Waals surface area contributed by atoms with Crippen LogP contribution in [-0.2, 0) is 6.18 Å². The van der Waals surface area contributed by atoms with Crippen molar-refractivity contribution in [3.8, 4) is 0 Å². The second kappa shape index (κ2) is 3.45. The summed E-state index contributed by atoms with van der Waals surface area (Å²) in [4.78, 5) is 13.9. The molecule has 0 unspecified atom stereocenters. The van der Waals surface area contributed by atoms with Gasteiger partial charge in [-0.15, -0.1) is 0 Å². The maximum Gasteiger partial charge on any atom is 0.420 e. The van der Waals surface area contributed by atoms with Crippen molar-refractivity contribution in [3.05, 3.63) is 28.5 Å². The van der Waals surface area contributed by atoms with E-state index >= 15 is 0 Å². The van der Waals surface area contributed by atoms with E-state index in [-0.39, 0.29) is 0 Å². The van der Waals surface area contributed by atoms with Gasteiger partial charge in [0.2, 0.25) is 5.91 Å². The number of pyridine rings is 1. The molecular weight excluding hydrogens is 221 g/mol. The lowest BCUT2D eigenvalue weighted by molar-refractivity contribution is -0.138. The van der Waals surface area contributed by atoms with Crippen molar-refractivity contribution < 1.29 is 18.0 Å². The second-order valence-electron chi connectivity index (χ2n) is 2.39. The lowest BCUT2D eigenvalue weighted by Crippen LogP contribution is -2.19. The fourth-order valence-electron chi connectivity index (χ4n) is 0.911. The van der Waals surface area contributed by atoms with E-state index in [1.165, 1.54) is 0 Å². The van der Waals surface area contributed by atoms with Crippen molar-refractivity contribution in [2.75, 3.05) is 0 Å². The average Bonchev–Trinajstić information content (AvgIpc) is 2.01. The third-order valence-electron chi connectivity index (χ3n) is 1.45. The first-order valence-electron chi connectivity index (χ1n) is 3.35. The fraction of sp³-hybridized carbons (Fsp3) is 0.143. The van der Waals surface area contributed by atoms with Gasteiger partial charge in [0.05, 0.1) is 5.56 Å². The number of hydrogen-bond donors (Lipinski definition) is 1. The molecule has 2 N–H and O–H groups in total. The molecule has 0 spiro atoms. The minimum Gasteiger partial charge on any atom is -0.366 e. The van der Waals surface area contributed by atoms with E-state index in [1.54, 1.807) is 0 Å². The van der Waals surface area contributed by atoms with Gasteiger partial charge in [0.1, 0.15) is 10.7 Å². The van der Waals surface area contributed by atoms with Gasteiger partial charge in [-0.3, -0.25) is 4.79 Å². The van der Waals surface area contributed by atoms with Crippen molar-refractivity contribution in [3.63, 3.8) is 0 Å². The van der Waals surface area contributed by atoms with Gasteiger partial charge in [0.25, 0.3) is 0 Å². The van der Waals surface area contributed by atoms with Crippen LogP contribution in [0.5, 0.6) is 0 Å². The Hall–Kier alpha value is -1.30. The zero-order valence-electron chi connectivity index (χ0n) is 6.60. The molecule has 0 aromatic carbocycles. The van der Waals surface area contributed by atoms with Crippen molar-refractivity contribution in [1.82, 2.24) is 4.98 Å². The van der Waals surface area contributed by atoms with Gasteiger partial charge in [-0.05, 0) is 6.07 Å². The van der Waals surface area contributed by atoms with Crippen LogP contribution in [0.4, 0.5) is 13.2 Å². The summed E-state index contributed by atoms with van der Waals surface area (Å²) in [6.07, 6.45) is -3.76. The number of halogens is 4. The average molecular weight is 225 g/mol. The van der Waals surface area contributed by atoms with Crippen molar-refractivity contribution >= 4 is 17.5 Å². The number of primary amides is 1. The van der Waals surface area contributed by atoms with Gasteiger partial charge in [0.15, 0.2) is 0 Å². The zero-order chi connectivity index (χ0) is 10.9. The number of carbonyl (C=O) groups excluding carboxylic acids is 1. The molecule has 1 aromatic rings. The van der Waals surface area contributed by atoms with Crippen molar-refractivity contribution in [2.45, 2.75) is 6.18 Å². The molecule has 0 aliphatic carbocycles. The van der Waals surface area contributed by atoms with E-state index in [4.69, 9.17) is 17.3 Å². The van der Waals surface area contributed by atoms with Gasteiger partial charge in [-0.1, -0.05) is 11.6 Å². The Morgan fingerprint density at radius 1 is 1.50 bits per heavy atom. The van der Waals surface area contributed by atoms with E-state index < -0.39 is 28.4 Å². The molecule has 0 bridgehead atoms. The molecule has 7 heteroatoms. The summed E-state index contributed by atoms with van der Waals surface area (Å²) in [5.74, 6) is -1.19. The zero-order valence-corrected chi connectivity index (χ0v) is 7.36. The van der Waals surface area contributed by atoms with Gasteiger partial charge < -0.3 is 5.73 Å². The highest BCUT2D eigenvalue weighted by Crippen LogP contribution is 2.35. The topological polar surface area (TPSA) is 56.0 Å². The van der Waals surface area contributed by atoms with Crippen LogP contribution in [0.2, 0.25) is 5.15 Å². The predicted octanol–water partition coefficient (Wildman–Crippen LogP) is 1.85. The minimum atomic E-state index is -4.74. The van der Waals surface area contributed by atoms with Crippen LogP contribution in [0.25, 0.3) is 0 Å². The third kappa shape index (κ3) is 1.95. The summed E-state index contributed by atoms with van der Waals surface area (Å²) in [7, 11) is 0. The SMILES string of the molecule is NC(=O)c1ccnc(Cl)c1C(F)(F)F. The van der Waals surface area contributed by atoms with Crippen LogP contribution in [0, 0.1) is 0 Å². The van der Waals surface area contributed by atoms with Gasteiger partial charge in [-0.25, -0.2) is 4.98 Å². The highest BCUT2D eigenvalue weighted by molar-refractivity contribution is 6.30. The Morgan fingerprint density at radius 2 is 2.07 bits per heavy atom. The summed E-state index contributed by atoms with van der Waals surface area (Å²) >= 11 is 5.22. The van der Waals surface area contributed by atoms with Crippen LogP contribution in [-0.4, -0.2) is 10.9 Å². The highest BCUT2D eigenvalue weighted by Gasteiger charge is 2.37. The lowest BCUT2D eigenvalue weighted by Gasteiger charge is -2.10. The van der Waals surface area contributed by atoms with Crippen LogP contribution in [0.3, 0.4) is 0 Å². The predicted molar refractivity (Wildman–Crippen MR) is 42.8 cm³/mol. The number of aromatic nitrogens is 1. The molecule has 1 aromatic heterocycles. The summed E-state index contributed by atoms with van der Waals surface area (Å²) in [5, 5.41) is -0.784. The Morgan fingerprint density at radius 3 is 2.43 bits per heavy atom. The molecule has 0 radical (unpaired) electrons. The van der Waals surface area contributed by atoms with E-state index in [0.29, 0.717) is 0 Å². The Balaban J connectivity index is 3.45. The number of amides is 1. The molecule has 1 amide bonds. The fourth-order valence-corrected chi connectivity index (χ4v) is 1.18. The van der Waals surface area contributed by atoms with Crippen LogP contribution < -0.4 is 5.73 Å². The molecule has 0 aliphatic rings. The first-order chi connectivity index (χ1) is 6.34. The molecule has 0 aliphatic heterocycles. The number of nitrogens with two attached hydrogens (primary N) is 1. The molecular formula is C7H4ClF3N2O. The summed E-state index contributed by atoms with van der Waals surface area (Å²) in [6, 6.07) is 0.872. The van der Waals surface area contributed by atoms with Gasteiger partial charge >= 0.3 is 6.18 Å². The maximum absolute atomic E-state index is 12.3. The Labute approximate surface area is 81.7 Å². The summed E-state index contributed by atoms with van der Waals surface area (Å²) < 4.78 is 37.0. The molecule has 0 saturated heterocycles. The van der Waals surface area contributed by atoms with E-state index in [9.17, 15) is 18.0 Å². The Bertz CT molecular complexity index is 378. The number of nitrogens with zero attached hydrogens (tertiary/aromatic N) is 1.